The van der Waals surface area contributed by atoms with Gasteiger partial charge in [0.1, 0.15) is 5.82 Å². The predicted molar refractivity (Wildman–Crippen MR) is 80.4 cm³/mol. The van der Waals surface area contributed by atoms with E-state index in [4.69, 9.17) is 0 Å². The van der Waals surface area contributed by atoms with Gasteiger partial charge in [-0.1, -0.05) is 35.9 Å². The Balaban J connectivity index is 1.66. The highest BCUT2D eigenvalue weighted by Crippen LogP contribution is 2.20. The standard InChI is InChI=1S/C16H19N3/c1-2-4-15-14(3-1)8-12-19-16(15)18-11-7-13-5-9-17-10-6-13/h1-5,8,12,17H,6-7,9-11H2,(H,18,19). The van der Waals surface area contributed by atoms with Crippen molar-refractivity contribution in [2.24, 2.45) is 0 Å². The highest BCUT2D eigenvalue weighted by molar-refractivity contribution is 5.91. The number of hydrogen-bond donors (Lipinski definition) is 2. The summed E-state index contributed by atoms with van der Waals surface area (Å²) in [4.78, 5) is 4.45. The first-order chi connectivity index (χ1) is 9.43. The van der Waals surface area contributed by atoms with Gasteiger partial charge in [-0.3, -0.25) is 0 Å². The Bertz CT molecular complexity index is 584. The summed E-state index contributed by atoms with van der Waals surface area (Å²) in [5, 5.41) is 9.24. The number of nitrogens with zero attached hydrogens (tertiary/aromatic N) is 1. The van der Waals surface area contributed by atoms with E-state index in [9.17, 15) is 0 Å². The van der Waals surface area contributed by atoms with E-state index >= 15 is 0 Å². The highest BCUT2D eigenvalue weighted by Gasteiger charge is 2.04. The third-order valence-corrected chi connectivity index (χ3v) is 3.57. The maximum absolute atomic E-state index is 4.45. The zero-order valence-corrected chi connectivity index (χ0v) is 11.0. The van der Waals surface area contributed by atoms with Crippen molar-refractivity contribution < 1.29 is 0 Å². The third kappa shape index (κ3) is 2.93. The quantitative estimate of drug-likeness (QED) is 0.823. The summed E-state index contributed by atoms with van der Waals surface area (Å²) in [6.07, 6.45) is 6.45. The maximum Gasteiger partial charge on any atom is 0.133 e. The Labute approximate surface area is 113 Å². The molecule has 2 heterocycles. The highest BCUT2D eigenvalue weighted by atomic mass is 15.0. The molecule has 0 fully saturated rings. The molecule has 1 aromatic carbocycles. The van der Waals surface area contributed by atoms with E-state index in [1.807, 2.05) is 6.20 Å². The molecule has 1 aliphatic rings. The van der Waals surface area contributed by atoms with Crippen LogP contribution in [0.3, 0.4) is 0 Å². The molecule has 2 aromatic rings. The van der Waals surface area contributed by atoms with Crippen molar-refractivity contribution in [3.05, 3.63) is 48.2 Å². The van der Waals surface area contributed by atoms with Crippen molar-refractivity contribution in [1.29, 1.82) is 0 Å². The summed E-state index contributed by atoms with van der Waals surface area (Å²) < 4.78 is 0. The van der Waals surface area contributed by atoms with E-state index < -0.39 is 0 Å². The average molecular weight is 253 g/mol. The molecular formula is C16H19N3. The minimum Gasteiger partial charge on any atom is -0.369 e. The van der Waals surface area contributed by atoms with Crippen LogP contribution in [0.25, 0.3) is 10.8 Å². The van der Waals surface area contributed by atoms with Crippen LogP contribution in [0.4, 0.5) is 5.82 Å². The van der Waals surface area contributed by atoms with Gasteiger partial charge in [0.2, 0.25) is 0 Å². The van der Waals surface area contributed by atoms with Crippen molar-refractivity contribution in [3.63, 3.8) is 0 Å². The SMILES string of the molecule is C1=C(CCNc2nccc3ccccc23)CCNC1. The Hall–Kier alpha value is -1.87. The van der Waals surface area contributed by atoms with Crippen LogP contribution >= 0.6 is 0 Å². The number of aromatic nitrogens is 1. The molecule has 0 saturated carbocycles. The molecule has 98 valence electrons. The van der Waals surface area contributed by atoms with Gasteiger partial charge in [-0.2, -0.15) is 0 Å². The van der Waals surface area contributed by atoms with Gasteiger partial charge in [0.05, 0.1) is 0 Å². The van der Waals surface area contributed by atoms with Crippen LogP contribution in [-0.2, 0) is 0 Å². The summed E-state index contributed by atoms with van der Waals surface area (Å²) >= 11 is 0. The van der Waals surface area contributed by atoms with E-state index in [1.165, 1.54) is 17.2 Å². The van der Waals surface area contributed by atoms with Crippen LogP contribution < -0.4 is 10.6 Å². The molecule has 19 heavy (non-hydrogen) atoms. The normalized spacial score (nSPS) is 15.3. The molecule has 0 bridgehead atoms. The molecule has 0 saturated heterocycles. The Morgan fingerprint density at radius 1 is 1.21 bits per heavy atom. The summed E-state index contributed by atoms with van der Waals surface area (Å²) in [6.45, 7) is 3.08. The minimum atomic E-state index is 0.951. The van der Waals surface area contributed by atoms with Crippen LogP contribution in [0.5, 0.6) is 0 Å². The molecular weight excluding hydrogens is 234 g/mol. The van der Waals surface area contributed by atoms with Crippen molar-refractivity contribution >= 4 is 16.6 Å². The second kappa shape index (κ2) is 5.85. The molecule has 0 radical (unpaired) electrons. The smallest absolute Gasteiger partial charge is 0.133 e. The largest absolute Gasteiger partial charge is 0.369 e. The number of rotatable bonds is 4. The number of hydrogen-bond acceptors (Lipinski definition) is 3. The van der Waals surface area contributed by atoms with Gasteiger partial charge in [-0.05, 0) is 30.8 Å². The molecule has 2 N–H and O–H groups in total. The van der Waals surface area contributed by atoms with Crippen LogP contribution in [0.15, 0.2) is 48.2 Å². The summed E-state index contributed by atoms with van der Waals surface area (Å²) in [7, 11) is 0. The van der Waals surface area contributed by atoms with Crippen LogP contribution in [0, 0.1) is 0 Å². The van der Waals surface area contributed by atoms with Gasteiger partial charge in [0.15, 0.2) is 0 Å². The van der Waals surface area contributed by atoms with E-state index in [-0.39, 0.29) is 0 Å². The van der Waals surface area contributed by atoms with Crippen LogP contribution in [-0.4, -0.2) is 24.6 Å². The zero-order valence-electron chi connectivity index (χ0n) is 11.0. The molecule has 0 spiro atoms. The molecule has 0 unspecified atom stereocenters. The predicted octanol–water partition coefficient (Wildman–Crippen LogP) is 2.96. The molecule has 1 aromatic heterocycles. The Morgan fingerprint density at radius 2 is 2.16 bits per heavy atom. The number of fused-ring (bicyclic) bond motifs is 1. The lowest BCUT2D eigenvalue weighted by molar-refractivity contribution is 0.683. The second-order valence-corrected chi connectivity index (χ2v) is 4.87. The fraction of sp³-hybridized carbons (Fsp3) is 0.312. The van der Waals surface area contributed by atoms with E-state index in [0.717, 1.165) is 31.9 Å². The van der Waals surface area contributed by atoms with Gasteiger partial charge in [0.25, 0.3) is 0 Å². The van der Waals surface area contributed by atoms with Gasteiger partial charge in [-0.25, -0.2) is 4.98 Å². The first kappa shape index (κ1) is 12.2. The molecule has 3 heteroatoms. The number of nitrogens with one attached hydrogen (secondary N) is 2. The van der Waals surface area contributed by atoms with Crippen LogP contribution in [0.1, 0.15) is 12.8 Å². The van der Waals surface area contributed by atoms with Gasteiger partial charge in [-0.15, -0.1) is 0 Å². The average Bonchev–Trinajstić information content (AvgIpc) is 2.49. The number of benzene rings is 1. The summed E-state index contributed by atoms with van der Waals surface area (Å²) in [5.41, 5.74) is 1.55. The molecule has 0 amide bonds. The first-order valence-electron chi connectivity index (χ1n) is 6.90. The zero-order chi connectivity index (χ0) is 12.9. The minimum absolute atomic E-state index is 0.951. The summed E-state index contributed by atoms with van der Waals surface area (Å²) in [5.74, 6) is 0.993. The molecule has 3 rings (SSSR count). The third-order valence-electron chi connectivity index (χ3n) is 3.57. The van der Waals surface area contributed by atoms with Gasteiger partial charge >= 0.3 is 0 Å². The maximum atomic E-state index is 4.45. The van der Waals surface area contributed by atoms with E-state index in [2.05, 4.69) is 52.0 Å². The molecule has 0 aliphatic carbocycles. The molecule has 0 atom stereocenters. The van der Waals surface area contributed by atoms with Crippen LogP contribution in [0.2, 0.25) is 0 Å². The summed E-state index contributed by atoms with van der Waals surface area (Å²) in [6, 6.07) is 10.4. The lowest BCUT2D eigenvalue weighted by Crippen LogP contribution is -2.21. The lowest BCUT2D eigenvalue weighted by Gasteiger charge is -2.14. The van der Waals surface area contributed by atoms with Gasteiger partial charge in [0, 0.05) is 24.7 Å². The monoisotopic (exact) mass is 253 g/mol. The lowest BCUT2D eigenvalue weighted by atomic mass is 10.1. The Kier molecular flexibility index (Phi) is 3.75. The molecule has 1 aliphatic heterocycles. The van der Waals surface area contributed by atoms with Crippen molar-refractivity contribution in [2.75, 3.05) is 25.0 Å². The number of anilines is 1. The molecule has 3 nitrogen and oxygen atoms in total. The fourth-order valence-electron chi connectivity index (χ4n) is 2.50. The Morgan fingerprint density at radius 3 is 3.05 bits per heavy atom. The van der Waals surface area contributed by atoms with Crippen molar-refractivity contribution in [1.82, 2.24) is 10.3 Å². The van der Waals surface area contributed by atoms with Crippen molar-refractivity contribution in [2.45, 2.75) is 12.8 Å². The fourth-order valence-corrected chi connectivity index (χ4v) is 2.50. The van der Waals surface area contributed by atoms with E-state index in [0.29, 0.717) is 0 Å². The topological polar surface area (TPSA) is 37.0 Å². The van der Waals surface area contributed by atoms with E-state index in [1.54, 1.807) is 5.57 Å². The van der Waals surface area contributed by atoms with Gasteiger partial charge < -0.3 is 10.6 Å². The second-order valence-electron chi connectivity index (χ2n) is 4.87. The number of pyridine rings is 1. The first-order valence-corrected chi connectivity index (χ1v) is 6.90. The van der Waals surface area contributed by atoms with Crippen molar-refractivity contribution in [3.8, 4) is 0 Å².